The minimum absolute atomic E-state index is 0.00283. The summed E-state index contributed by atoms with van der Waals surface area (Å²) in [5.41, 5.74) is 6.35. The van der Waals surface area contributed by atoms with Crippen molar-refractivity contribution in [1.82, 2.24) is 5.32 Å². The molecule has 7 heteroatoms. The second kappa shape index (κ2) is 13.9. The lowest BCUT2D eigenvalue weighted by Gasteiger charge is -2.64. The minimum Gasteiger partial charge on any atom is -0.405 e. The van der Waals surface area contributed by atoms with E-state index in [-0.39, 0.29) is 53.7 Å². The normalized spacial score (nSPS) is 27.9. The Balaban J connectivity index is 1.34. The molecule has 4 fully saturated rings. The molecule has 3 aliphatic carbocycles. The van der Waals surface area contributed by atoms with Crippen molar-refractivity contribution in [3.05, 3.63) is 71.8 Å². The Labute approximate surface area is 265 Å². The van der Waals surface area contributed by atoms with Gasteiger partial charge in [-0.25, -0.2) is 0 Å². The van der Waals surface area contributed by atoms with E-state index in [1.54, 1.807) is 0 Å². The summed E-state index contributed by atoms with van der Waals surface area (Å²) in [5, 5.41) is 3.12. The number of quaternary nitrogens is 1. The van der Waals surface area contributed by atoms with Gasteiger partial charge in [0.05, 0.1) is 17.7 Å². The molecular formula is C37H54BN2O4+. The Kier molecular flexibility index (Phi) is 10.4. The van der Waals surface area contributed by atoms with E-state index >= 15 is 0 Å². The molecule has 1 heterocycles. The molecule has 4 aliphatic rings. The zero-order valence-electron chi connectivity index (χ0n) is 27.6. The van der Waals surface area contributed by atoms with E-state index in [0.717, 1.165) is 44.1 Å². The van der Waals surface area contributed by atoms with E-state index < -0.39 is 6.04 Å². The van der Waals surface area contributed by atoms with Crippen LogP contribution in [0.3, 0.4) is 0 Å². The number of hydrogen-bond donors (Lipinski definition) is 2. The van der Waals surface area contributed by atoms with Crippen LogP contribution < -0.4 is 11.1 Å². The van der Waals surface area contributed by atoms with Crippen LogP contribution in [0.25, 0.3) is 0 Å². The lowest BCUT2D eigenvalue weighted by atomic mass is 9.43. The average Bonchev–Trinajstić information content (AvgIpc) is 3.38. The highest BCUT2D eigenvalue weighted by Gasteiger charge is 2.68. The maximum atomic E-state index is 14.2. The van der Waals surface area contributed by atoms with Crippen molar-refractivity contribution >= 4 is 18.8 Å². The Morgan fingerprint density at radius 3 is 2.23 bits per heavy atom. The van der Waals surface area contributed by atoms with Crippen LogP contribution in [-0.4, -0.2) is 42.6 Å². The van der Waals surface area contributed by atoms with Crippen LogP contribution in [0.2, 0.25) is 5.82 Å². The van der Waals surface area contributed by atoms with Crippen LogP contribution in [0, 0.1) is 23.2 Å². The van der Waals surface area contributed by atoms with E-state index in [0.29, 0.717) is 24.7 Å². The van der Waals surface area contributed by atoms with E-state index in [4.69, 9.17) is 9.31 Å². The number of rotatable bonds is 15. The van der Waals surface area contributed by atoms with Crippen molar-refractivity contribution in [2.45, 2.75) is 122 Å². The van der Waals surface area contributed by atoms with Crippen LogP contribution in [0.5, 0.6) is 0 Å². The Bertz CT molecular complexity index is 1260. The largest absolute Gasteiger partial charge is 0.461 e. The monoisotopic (exact) mass is 601 g/mol. The fraction of sp³-hybridized carbons (Fsp3) is 0.622. The van der Waals surface area contributed by atoms with Gasteiger partial charge in [-0.05, 0) is 79.1 Å². The van der Waals surface area contributed by atoms with E-state index in [1.807, 2.05) is 36.4 Å². The number of unbranched alkanes of at least 4 members (excludes halogenated alkanes) is 2. The predicted octanol–water partition coefficient (Wildman–Crippen LogP) is 5.84. The third-order valence-corrected chi connectivity index (χ3v) is 11.5. The Hall–Kier alpha value is -2.48. The number of carbonyl (C=O) groups is 2. The third-order valence-electron chi connectivity index (χ3n) is 11.5. The molecule has 8 atom stereocenters. The summed E-state index contributed by atoms with van der Waals surface area (Å²) in [7, 11) is -0.355. The predicted molar refractivity (Wildman–Crippen MR) is 176 cm³/mol. The molecule has 1 amide bonds. The SMILES string of the molecule is CCCCC[C@H]([NH3+])C(=O)N[C@@H](Cc1ccccc1)C(=O)C[C@H](Cc1ccccc1)[C@@H](C)B1OC2CC3CC(C3(C)C)[C@@]2(C)O1. The lowest BCUT2D eigenvalue weighted by molar-refractivity contribution is -0.405. The molecule has 44 heavy (non-hydrogen) atoms. The summed E-state index contributed by atoms with van der Waals surface area (Å²) in [6.07, 6.45) is 7.78. The number of amides is 1. The molecule has 3 unspecified atom stereocenters. The first-order valence-electron chi connectivity index (χ1n) is 17.1. The van der Waals surface area contributed by atoms with Gasteiger partial charge in [0, 0.05) is 12.8 Å². The molecule has 2 bridgehead atoms. The zero-order valence-corrected chi connectivity index (χ0v) is 27.6. The smallest absolute Gasteiger partial charge is 0.405 e. The van der Waals surface area contributed by atoms with Crippen LogP contribution in [0.15, 0.2) is 60.7 Å². The molecule has 0 radical (unpaired) electrons. The van der Waals surface area contributed by atoms with Crippen molar-refractivity contribution in [2.24, 2.45) is 23.2 Å². The van der Waals surface area contributed by atoms with E-state index in [9.17, 15) is 9.59 Å². The molecule has 2 aromatic carbocycles. The first-order valence-corrected chi connectivity index (χ1v) is 17.1. The van der Waals surface area contributed by atoms with Gasteiger partial charge in [0.15, 0.2) is 11.8 Å². The van der Waals surface area contributed by atoms with Crippen LogP contribution >= 0.6 is 0 Å². The van der Waals surface area contributed by atoms with Gasteiger partial charge in [-0.3, -0.25) is 9.59 Å². The zero-order chi connectivity index (χ0) is 31.5. The van der Waals surface area contributed by atoms with Crippen molar-refractivity contribution in [3.8, 4) is 0 Å². The molecule has 2 aromatic rings. The molecule has 0 spiro atoms. The van der Waals surface area contributed by atoms with Gasteiger partial charge in [0.2, 0.25) is 0 Å². The number of Topliss-reactive ketones (excluding diaryl/α,β-unsaturated/α-hetero) is 1. The molecule has 1 saturated heterocycles. The fourth-order valence-corrected chi connectivity index (χ4v) is 8.27. The molecule has 1 aliphatic heterocycles. The first kappa shape index (κ1) is 32.9. The molecule has 3 saturated carbocycles. The molecule has 4 N–H and O–H groups in total. The van der Waals surface area contributed by atoms with Gasteiger partial charge >= 0.3 is 7.12 Å². The first-order chi connectivity index (χ1) is 21.0. The van der Waals surface area contributed by atoms with Crippen molar-refractivity contribution in [2.75, 3.05) is 0 Å². The average molecular weight is 602 g/mol. The summed E-state index contributed by atoms with van der Waals surface area (Å²) < 4.78 is 13.6. The number of carbonyl (C=O) groups excluding carboxylic acids is 2. The highest BCUT2D eigenvalue weighted by Crippen LogP contribution is 2.66. The number of nitrogens with one attached hydrogen (secondary N) is 1. The van der Waals surface area contributed by atoms with Gasteiger partial charge in [0.1, 0.15) is 0 Å². The van der Waals surface area contributed by atoms with Crippen molar-refractivity contribution < 1.29 is 24.6 Å². The summed E-state index contributed by atoms with van der Waals surface area (Å²) in [5.74, 6) is 1.10. The molecule has 6 nitrogen and oxygen atoms in total. The molecule has 0 aromatic heterocycles. The topological polar surface area (TPSA) is 92.3 Å². The summed E-state index contributed by atoms with van der Waals surface area (Å²) >= 11 is 0. The highest BCUT2D eigenvalue weighted by atomic mass is 16.7. The number of benzene rings is 2. The summed E-state index contributed by atoms with van der Waals surface area (Å²) in [4.78, 5) is 27.5. The van der Waals surface area contributed by atoms with Crippen molar-refractivity contribution in [1.29, 1.82) is 0 Å². The Morgan fingerprint density at radius 2 is 1.61 bits per heavy atom. The van der Waals surface area contributed by atoms with Gasteiger partial charge in [-0.15, -0.1) is 0 Å². The molecular weight excluding hydrogens is 547 g/mol. The van der Waals surface area contributed by atoms with Crippen LogP contribution in [0.4, 0.5) is 0 Å². The molecule has 6 rings (SSSR count). The highest BCUT2D eigenvalue weighted by molar-refractivity contribution is 6.47. The summed E-state index contributed by atoms with van der Waals surface area (Å²) in [6.45, 7) is 11.4. The fourth-order valence-electron chi connectivity index (χ4n) is 8.27. The van der Waals surface area contributed by atoms with E-state index in [2.05, 4.69) is 69.9 Å². The number of ketones is 1. The quantitative estimate of drug-likeness (QED) is 0.198. The van der Waals surface area contributed by atoms with Crippen molar-refractivity contribution in [3.63, 3.8) is 0 Å². The van der Waals surface area contributed by atoms with Gasteiger partial charge in [0.25, 0.3) is 5.91 Å². The van der Waals surface area contributed by atoms with Crippen LogP contribution in [0.1, 0.15) is 90.7 Å². The van der Waals surface area contributed by atoms with Gasteiger partial charge in [-0.1, -0.05) is 101 Å². The molecule has 238 valence electrons. The minimum atomic E-state index is -0.607. The number of hydrogen-bond acceptors (Lipinski definition) is 4. The third kappa shape index (κ3) is 7.00. The second-order valence-corrected chi connectivity index (χ2v) is 14.8. The van der Waals surface area contributed by atoms with Crippen LogP contribution in [-0.2, 0) is 31.7 Å². The van der Waals surface area contributed by atoms with Gasteiger partial charge < -0.3 is 20.4 Å². The second-order valence-electron chi connectivity index (χ2n) is 14.8. The maximum Gasteiger partial charge on any atom is 0.461 e. The van der Waals surface area contributed by atoms with E-state index in [1.165, 1.54) is 12.0 Å². The lowest BCUT2D eigenvalue weighted by Crippen LogP contribution is -2.68. The van der Waals surface area contributed by atoms with Gasteiger partial charge in [-0.2, -0.15) is 0 Å². The maximum absolute atomic E-state index is 14.2. The summed E-state index contributed by atoms with van der Waals surface area (Å²) in [6, 6.07) is 19.4. The Morgan fingerprint density at radius 1 is 0.977 bits per heavy atom. The standard InChI is InChI=1S/C37H53BN2O4/c1-6-7-10-19-30(39)35(42)40-31(21-27-17-13-9-14-18-27)32(41)22-28(20-26-15-11-8-12-16-26)25(2)38-43-34-24-29-23-33(36(29,3)4)37(34,5)44-38/h8-9,11-18,25,28-31,33-34H,6-7,10,19-24,39H2,1-5H3,(H,40,42)/p+1/t25-,28+,29?,30+,31+,33?,34?,37-/m1/s1.